The molecule has 0 atom stereocenters. The van der Waals surface area contributed by atoms with Crippen LogP contribution >= 0.6 is 0 Å². The number of nitrogens with zero attached hydrogens (tertiary/aromatic N) is 1. The first-order chi connectivity index (χ1) is 10.2. The average Bonchev–Trinajstić information content (AvgIpc) is 2.48. The maximum absolute atomic E-state index is 11.6. The highest BCUT2D eigenvalue weighted by Crippen LogP contribution is 2.19. The normalized spacial score (nSPS) is 16.9. The van der Waals surface area contributed by atoms with Gasteiger partial charge < -0.3 is 15.7 Å². The van der Waals surface area contributed by atoms with Crippen LogP contribution in [0.1, 0.15) is 18.4 Å². The number of amides is 1. The van der Waals surface area contributed by atoms with Gasteiger partial charge in [-0.2, -0.15) is 0 Å². The van der Waals surface area contributed by atoms with E-state index in [1.807, 2.05) is 18.2 Å². The summed E-state index contributed by atoms with van der Waals surface area (Å²) in [6.45, 7) is 3.58. The van der Waals surface area contributed by atoms with Crippen LogP contribution in [0.3, 0.4) is 0 Å². The highest BCUT2D eigenvalue weighted by atomic mass is 16.3. The molecule has 1 aliphatic rings. The molecule has 0 bridgehead atoms. The van der Waals surface area contributed by atoms with Crippen molar-refractivity contribution in [2.45, 2.75) is 19.4 Å². The van der Waals surface area contributed by atoms with Crippen molar-refractivity contribution in [3.05, 3.63) is 29.8 Å². The minimum Gasteiger partial charge on any atom is -0.396 e. The van der Waals surface area contributed by atoms with Crippen molar-refractivity contribution in [2.24, 2.45) is 5.92 Å². The summed E-state index contributed by atoms with van der Waals surface area (Å²) in [5.74, 6) is 0.437. The molecular weight excluding hydrogens is 266 g/mol. The molecule has 5 nitrogen and oxygen atoms in total. The molecule has 0 radical (unpaired) electrons. The Balaban J connectivity index is 1.88. The summed E-state index contributed by atoms with van der Waals surface area (Å²) in [4.78, 5) is 14.0. The summed E-state index contributed by atoms with van der Waals surface area (Å²) in [6, 6.07) is 8.01. The molecule has 1 aliphatic heterocycles. The topological polar surface area (TPSA) is 64.6 Å². The monoisotopic (exact) mass is 291 g/mol. The number of piperidine rings is 1. The Kier molecular flexibility index (Phi) is 6.17. The fourth-order valence-corrected chi connectivity index (χ4v) is 2.70. The van der Waals surface area contributed by atoms with Gasteiger partial charge in [-0.1, -0.05) is 12.1 Å². The van der Waals surface area contributed by atoms with Gasteiger partial charge in [0, 0.05) is 18.8 Å². The van der Waals surface area contributed by atoms with E-state index in [2.05, 4.69) is 21.6 Å². The maximum Gasteiger partial charge on any atom is 0.238 e. The third-order valence-corrected chi connectivity index (χ3v) is 3.92. The summed E-state index contributed by atoms with van der Waals surface area (Å²) >= 11 is 0. The minimum absolute atomic E-state index is 0.0292. The van der Waals surface area contributed by atoms with Crippen LogP contribution in [0, 0.1) is 5.92 Å². The summed E-state index contributed by atoms with van der Waals surface area (Å²) in [5, 5.41) is 14.9. The van der Waals surface area contributed by atoms with Crippen molar-refractivity contribution >= 4 is 11.6 Å². The van der Waals surface area contributed by atoms with E-state index in [1.165, 1.54) is 5.56 Å². The van der Waals surface area contributed by atoms with E-state index in [0.717, 1.165) is 38.2 Å². The number of benzene rings is 1. The van der Waals surface area contributed by atoms with Gasteiger partial charge in [0.15, 0.2) is 0 Å². The van der Waals surface area contributed by atoms with Crippen molar-refractivity contribution in [1.82, 2.24) is 10.2 Å². The fourth-order valence-electron chi connectivity index (χ4n) is 2.70. The van der Waals surface area contributed by atoms with Gasteiger partial charge in [-0.3, -0.25) is 9.69 Å². The number of carbonyl (C=O) groups is 1. The second kappa shape index (κ2) is 8.12. The third-order valence-electron chi connectivity index (χ3n) is 3.92. The number of hydrogen-bond acceptors (Lipinski definition) is 4. The number of likely N-dealkylation sites (N-methyl/N-ethyl adjacent to an activating group) is 1. The lowest BCUT2D eigenvalue weighted by Crippen LogP contribution is -2.34. The molecule has 5 heteroatoms. The van der Waals surface area contributed by atoms with E-state index in [4.69, 9.17) is 5.11 Å². The van der Waals surface area contributed by atoms with E-state index < -0.39 is 0 Å². The van der Waals surface area contributed by atoms with E-state index in [9.17, 15) is 4.79 Å². The predicted octanol–water partition coefficient (Wildman–Crippen LogP) is 1.05. The molecule has 1 aromatic carbocycles. The minimum atomic E-state index is -0.0292. The zero-order valence-electron chi connectivity index (χ0n) is 12.6. The molecule has 2 rings (SSSR count). The Bertz CT molecular complexity index is 457. The molecular formula is C16H25N3O2. The number of nitrogens with one attached hydrogen (secondary N) is 2. The van der Waals surface area contributed by atoms with Gasteiger partial charge in [-0.15, -0.1) is 0 Å². The molecule has 1 heterocycles. The third kappa shape index (κ3) is 5.12. The quantitative estimate of drug-likeness (QED) is 0.733. The van der Waals surface area contributed by atoms with E-state index in [0.29, 0.717) is 19.1 Å². The smallest absolute Gasteiger partial charge is 0.238 e. The number of aliphatic hydroxyl groups excluding tert-OH is 1. The predicted molar refractivity (Wildman–Crippen MR) is 84.1 cm³/mol. The van der Waals surface area contributed by atoms with E-state index in [-0.39, 0.29) is 5.91 Å². The second-order valence-corrected chi connectivity index (χ2v) is 5.68. The van der Waals surface area contributed by atoms with Crippen LogP contribution in [0.2, 0.25) is 0 Å². The van der Waals surface area contributed by atoms with Crippen molar-refractivity contribution in [3.8, 4) is 0 Å². The lowest BCUT2D eigenvalue weighted by molar-refractivity contribution is -0.115. The van der Waals surface area contributed by atoms with Gasteiger partial charge in [-0.25, -0.2) is 0 Å². The van der Waals surface area contributed by atoms with Gasteiger partial charge >= 0.3 is 0 Å². The van der Waals surface area contributed by atoms with Crippen molar-refractivity contribution in [2.75, 3.05) is 38.6 Å². The molecule has 1 aromatic rings. The van der Waals surface area contributed by atoms with Gasteiger partial charge in [0.2, 0.25) is 5.91 Å². The first-order valence-electron chi connectivity index (χ1n) is 7.58. The van der Waals surface area contributed by atoms with Crippen LogP contribution in [-0.4, -0.2) is 49.2 Å². The van der Waals surface area contributed by atoms with Gasteiger partial charge in [0.25, 0.3) is 0 Å². The molecule has 1 amide bonds. The first kappa shape index (κ1) is 15.9. The molecule has 0 aliphatic carbocycles. The van der Waals surface area contributed by atoms with Crippen LogP contribution in [0.25, 0.3) is 0 Å². The van der Waals surface area contributed by atoms with Gasteiger partial charge in [0.1, 0.15) is 0 Å². The second-order valence-electron chi connectivity index (χ2n) is 5.68. The number of hydrogen-bond donors (Lipinski definition) is 3. The Labute approximate surface area is 126 Å². The molecule has 1 saturated heterocycles. The molecule has 0 aromatic heterocycles. The van der Waals surface area contributed by atoms with Gasteiger partial charge in [-0.05, 0) is 56.6 Å². The van der Waals surface area contributed by atoms with Crippen LogP contribution in [-0.2, 0) is 11.3 Å². The molecule has 1 fully saturated rings. The molecule has 0 saturated carbocycles. The summed E-state index contributed by atoms with van der Waals surface area (Å²) in [5.41, 5.74) is 2.05. The van der Waals surface area contributed by atoms with Crippen molar-refractivity contribution in [3.63, 3.8) is 0 Å². The summed E-state index contributed by atoms with van der Waals surface area (Å²) in [7, 11) is 1.76. The zero-order chi connectivity index (χ0) is 15.1. The summed E-state index contributed by atoms with van der Waals surface area (Å²) in [6.07, 6.45) is 2.13. The SMILES string of the molecule is CNCC(=O)Nc1cccc(CN2CCC(CO)CC2)c1. The Morgan fingerprint density at radius 2 is 2.14 bits per heavy atom. The number of anilines is 1. The van der Waals surface area contributed by atoms with Crippen LogP contribution < -0.4 is 10.6 Å². The largest absolute Gasteiger partial charge is 0.396 e. The molecule has 0 spiro atoms. The number of carbonyl (C=O) groups excluding carboxylic acids is 1. The zero-order valence-corrected chi connectivity index (χ0v) is 12.6. The summed E-state index contributed by atoms with van der Waals surface area (Å²) < 4.78 is 0. The van der Waals surface area contributed by atoms with Gasteiger partial charge in [0.05, 0.1) is 6.54 Å². The van der Waals surface area contributed by atoms with Crippen LogP contribution in [0.4, 0.5) is 5.69 Å². The molecule has 0 unspecified atom stereocenters. The first-order valence-corrected chi connectivity index (χ1v) is 7.58. The Morgan fingerprint density at radius 1 is 1.38 bits per heavy atom. The Hall–Kier alpha value is -1.43. The number of aliphatic hydroxyl groups is 1. The molecule has 116 valence electrons. The lowest BCUT2D eigenvalue weighted by atomic mass is 9.97. The molecule has 21 heavy (non-hydrogen) atoms. The maximum atomic E-state index is 11.6. The van der Waals surface area contributed by atoms with Crippen molar-refractivity contribution < 1.29 is 9.90 Å². The Morgan fingerprint density at radius 3 is 2.81 bits per heavy atom. The van der Waals surface area contributed by atoms with Crippen molar-refractivity contribution in [1.29, 1.82) is 0 Å². The van der Waals surface area contributed by atoms with Crippen LogP contribution in [0.15, 0.2) is 24.3 Å². The lowest BCUT2D eigenvalue weighted by Gasteiger charge is -2.31. The van der Waals surface area contributed by atoms with E-state index >= 15 is 0 Å². The van der Waals surface area contributed by atoms with Crippen LogP contribution in [0.5, 0.6) is 0 Å². The molecule has 3 N–H and O–H groups in total. The average molecular weight is 291 g/mol. The number of likely N-dealkylation sites (tertiary alicyclic amines) is 1. The standard InChI is InChI=1S/C16H25N3O2/c1-17-10-16(21)18-15-4-2-3-14(9-15)11-19-7-5-13(12-20)6-8-19/h2-4,9,13,17,20H,5-8,10-12H2,1H3,(H,18,21). The number of rotatable bonds is 6. The fraction of sp³-hybridized carbons (Fsp3) is 0.562. The van der Waals surface area contributed by atoms with E-state index in [1.54, 1.807) is 7.05 Å². The highest BCUT2D eigenvalue weighted by Gasteiger charge is 2.18. The highest BCUT2D eigenvalue weighted by molar-refractivity contribution is 5.92.